The second kappa shape index (κ2) is 9.48. The molecule has 0 bridgehead atoms. The molecule has 33 heavy (non-hydrogen) atoms. The van der Waals surface area contributed by atoms with Gasteiger partial charge in [-0.15, -0.1) is 0 Å². The number of benzene rings is 2. The maximum atomic E-state index is 13.2. The van der Waals surface area contributed by atoms with Gasteiger partial charge in [-0.2, -0.15) is 0 Å². The Balaban J connectivity index is 1.55. The number of rotatable bonds is 6. The maximum absolute atomic E-state index is 13.2. The van der Waals surface area contributed by atoms with Gasteiger partial charge in [0.2, 0.25) is 0 Å². The zero-order valence-corrected chi connectivity index (χ0v) is 19.5. The van der Waals surface area contributed by atoms with Crippen LogP contribution in [-0.4, -0.2) is 34.7 Å². The Morgan fingerprint density at radius 3 is 2.61 bits per heavy atom. The smallest absolute Gasteiger partial charge is 0.143 e. The quantitative estimate of drug-likeness (QED) is 0.501. The first-order valence-electron chi connectivity index (χ1n) is 11.1. The standard InChI is InChI=1S/C26H30FN5O/c1-18-16-32(17-29-18)23-12-7-19(15-24(23)33-4)14-20-6-5-13-28-25(20)31-26(2,3)30-22-10-8-21(27)9-11-22/h7-12,14-17,30H,5-6,13H2,1-4H3,(H,28,31)/b20-14+. The lowest BCUT2D eigenvalue weighted by atomic mass is 10.0. The summed E-state index contributed by atoms with van der Waals surface area (Å²) < 4.78 is 20.9. The van der Waals surface area contributed by atoms with Crippen molar-refractivity contribution in [1.29, 1.82) is 0 Å². The Morgan fingerprint density at radius 2 is 1.91 bits per heavy atom. The van der Waals surface area contributed by atoms with Crippen LogP contribution in [0.25, 0.3) is 11.8 Å². The summed E-state index contributed by atoms with van der Waals surface area (Å²) in [5, 5.41) is 6.94. The Labute approximate surface area is 194 Å². The van der Waals surface area contributed by atoms with Gasteiger partial charge in [0.15, 0.2) is 0 Å². The molecule has 172 valence electrons. The number of amidine groups is 1. The van der Waals surface area contributed by atoms with Crippen molar-refractivity contribution in [3.05, 3.63) is 77.6 Å². The first-order chi connectivity index (χ1) is 15.8. The van der Waals surface area contributed by atoms with Gasteiger partial charge in [0.05, 0.1) is 24.8 Å². The Hall–Kier alpha value is -3.61. The summed E-state index contributed by atoms with van der Waals surface area (Å²) in [5.74, 6) is 1.40. The van der Waals surface area contributed by atoms with Crippen molar-refractivity contribution in [1.82, 2.24) is 14.9 Å². The molecule has 0 radical (unpaired) electrons. The fourth-order valence-corrected chi connectivity index (χ4v) is 3.91. The van der Waals surface area contributed by atoms with E-state index in [0.717, 1.165) is 59.2 Å². The van der Waals surface area contributed by atoms with Crippen molar-refractivity contribution in [3.8, 4) is 11.4 Å². The second-order valence-electron chi connectivity index (χ2n) is 8.74. The van der Waals surface area contributed by atoms with E-state index >= 15 is 0 Å². The van der Waals surface area contributed by atoms with Crippen LogP contribution in [-0.2, 0) is 0 Å². The van der Waals surface area contributed by atoms with Gasteiger partial charge in [-0.1, -0.05) is 6.07 Å². The average molecular weight is 448 g/mol. The van der Waals surface area contributed by atoms with E-state index in [2.05, 4.69) is 27.8 Å². The van der Waals surface area contributed by atoms with Crippen LogP contribution in [0.2, 0.25) is 0 Å². The zero-order valence-electron chi connectivity index (χ0n) is 19.5. The summed E-state index contributed by atoms with van der Waals surface area (Å²) >= 11 is 0. The van der Waals surface area contributed by atoms with Gasteiger partial charge in [-0.25, -0.2) is 9.37 Å². The molecule has 3 aromatic rings. The number of halogens is 1. The third-order valence-corrected chi connectivity index (χ3v) is 5.44. The lowest BCUT2D eigenvalue weighted by molar-refractivity contribution is 0.413. The third kappa shape index (κ3) is 5.61. The average Bonchev–Trinajstić information content (AvgIpc) is 3.22. The number of nitrogens with zero attached hydrogens (tertiary/aromatic N) is 3. The highest BCUT2D eigenvalue weighted by Gasteiger charge is 2.22. The monoisotopic (exact) mass is 447 g/mol. The molecule has 0 spiro atoms. The molecule has 2 heterocycles. The normalized spacial score (nSPS) is 15.3. The number of methoxy groups -OCH3 is 1. The predicted octanol–water partition coefficient (Wildman–Crippen LogP) is 5.34. The Bertz CT molecular complexity index is 1180. The highest BCUT2D eigenvalue weighted by molar-refractivity contribution is 6.03. The molecule has 0 saturated heterocycles. The number of ether oxygens (including phenoxy) is 1. The summed E-state index contributed by atoms with van der Waals surface area (Å²) in [6.07, 6.45) is 7.86. The van der Waals surface area contributed by atoms with Crippen molar-refractivity contribution in [3.63, 3.8) is 0 Å². The number of nitrogens with one attached hydrogen (secondary N) is 2. The van der Waals surface area contributed by atoms with Gasteiger partial charge in [0.1, 0.15) is 23.1 Å². The molecule has 1 aromatic heterocycles. The van der Waals surface area contributed by atoms with Crippen LogP contribution in [0.1, 0.15) is 37.9 Å². The highest BCUT2D eigenvalue weighted by Crippen LogP contribution is 2.27. The summed E-state index contributed by atoms with van der Waals surface area (Å²) in [6, 6.07) is 12.5. The van der Waals surface area contributed by atoms with Crippen LogP contribution in [0.4, 0.5) is 10.1 Å². The van der Waals surface area contributed by atoms with Gasteiger partial charge >= 0.3 is 0 Å². The van der Waals surface area contributed by atoms with Crippen LogP contribution in [0.5, 0.6) is 5.75 Å². The van der Waals surface area contributed by atoms with Crippen molar-refractivity contribution >= 4 is 17.6 Å². The fraction of sp³-hybridized carbons (Fsp3) is 0.308. The predicted molar refractivity (Wildman–Crippen MR) is 132 cm³/mol. The maximum Gasteiger partial charge on any atom is 0.143 e. The van der Waals surface area contributed by atoms with Crippen LogP contribution in [0.15, 0.2) is 65.6 Å². The summed E-state index contributed by atoms with van der Waals surface area (Å²) in [6.45, 7) is 6.83. The summed E-state index contributed by atoms with van der Waals surface area (Å²) in [7, 11) is 1.68. The molecule has 1 aliphatic rings. The molecule has 2 N–H and O–H groups in total. The SMILES string of the molecule is COc1cc(/C=C2\CCCN=C2NC(C)(C)Nc2ccc(F)cc2)ccc1-n1cnc(C)c1. The van der Waals surface area contributed by atoms with E-state index in [1.807, 2.05) is 43.7 Å². The van der Waals surface area contributed by atoms with Gasteiger partial charge in [-0.05, 0) is 87.2 Å². The molecule has 2 aromatic carbocycles. The number of imidazole rings is 1. The van der Waals surface area contributed by atoms with Crippen molar-refractivity contribution in [2.45, 2.75) is 39.3 Å². The molecule has 4 rings (SSSR count). The molecule has 0 saturated carbocycles. The molecule has 0 aliphatic carbocycles. The number of hydrogen-bond acceptors (Lipinski definition) is 5. The van der Waals surface area contributed by atoms with E-state index in [1.54, 1.807) is 25.6 Å². The Morgan fingerprint density at radius 1 is 1.12 bits per heavy atom. The number of aromatic nitrogens is 2. The van der Waals surface area contributed by atoms with Crippen molar-refractivity contribution < 1.29 is 9.13 Å². The molecule has 6 nitrogen and oxygen atoms in total. The zero-order chi connectivity index (χ0) is 23.4. The molecule has 0 atom stereocenters. The largest absolute Gasteiger partial charge is 0.495 e. The topological polar surface area (TPSA) is 63.5 Å². The van der Waals surface area contributed by atoms with E-state index in [1.165, 1.54) is 12.1 Å². The highest BCUT2D eigenvalue weighted by atomic mass is 19.1. The number of hydrogen-bond donors (Lipinski definition) is 2. The minimum Gasteiger partial charge on any atom is -0.495 e. The minimum absolute atomic E-state index is 0.252. The van der Waals surface area contributed by atoms with Crippen LogP contribution in [0.3, 0.4) is 0 Å². The number of aryl methyl sites for hydroxylation is 1. The molecule has 0 fully saturated rings. The Kier molecular flexibility index (Phi) is 6.49. The molecular formula is C26H30FN5O. The lowest BCUT2D eigenvalue weighted by Crippen LogP contribution is -2.50. The van der Waals surface area contributed by atoms with E-state index in [4.69, 9.17) is 9.73 Å². The van der Waals surface area contributed by atoms with Crippen molar-refractivity contribution in [2.75, 3.05) is 19.0 Å². The summed E-state index contributed by atoms with van der Waals surface area (Å²) in [4.78, 5) is 9.06. The molecule has 7 heteroatoms. The van der Waals surface area contributed by atoms with E-state index in [0.29, 0.717) is 0 Å². The van der Waals surface area contributed by atoms with Gasteiger partial charge in [0.25, 0.3) is 0 Å². The van der Waals surface area contributed by atoms with Crippen molar-refractivity contribution in [2.24, 2.45) is 4.99 Å². The van der Waals surface area contributed by atoms with E-state index < -0.39 is 5.66 Å². The molecule has 0 amide bonds. The molecular weight excluding hydrogens is 417 g/mol. The summed E-state index contributed by atoms with van der Waals surface area (Å²) in [5.41, 5.74) is 4.45. The second-order valence-corrected chi connectivity index (χ2v) is 8.74. The number of aliphatic imine (C=N–C) groups is 1. The van der Waals surface area contributed by atoms with E-state index in [9.17, 15) is 4.39 Å². The van der Waals surface area contributed by atoms with Gasteiger partial charge < -0.3 is 19.9 Å². The third-order valence-electron chi connectivity index (χ3n) is 5.44. The molecule has 1 aliphatic heterocycles. The first kappa shape index (κ1) is 22.6. The minimum atomic E-state index is -0.478. The molecule has 0 unspecified atom stereocenters. The number of anilines is 1. The van der Waals surface area contributed by atoms with Crippen LogP contribution < -0.4 is 15.4 Å². The fourth-order valence-electron chi connectivity index (χ4n) is 3.91. The van der Waals surface area contributed by atoms with Gasteiger partial charge in [-0.3, -0.25) is 4.99 Å². The van der Waals surface area contributed by atoms with Crippen LogP contribution in [0, 0.1) is 12.7 Å². The van der Waals surface area contributed by atoms with Crippen LogP contribution >= 0.6 is 0 Å². The van der Waals surface area contributed by atoms with E-state index in [-0.39, 0.29) is 5.82 Å². The lowest BCUT2D eigenvalue weighted by Gasteiger charge is -2.32. The first-order valence-corrected chi connectivity index (χ1v) is 11.1. The van der Waals surface area contributed by atoms with Gasteiger partial charge in [0, 0.05) is 18.4 Å².